The van der Waals surface area contributed by atoms with Crippen LogP contribution in [0.2, 0.25) is 0 Å². The van der Waals surface area contributed by atoms with Gasteiger partial charge in [0.2, 0.25) is 0 Å². The number of aliphatic hydroxyl groups excluding tert-OH is 1. The number of allylic oxidation sites excluding steroid dienone is 2. The molecule has 0 amide bonds. The maximum Gasteiger partial charge on any atom is 0.260 e. The molecule has 148 valence electrons. The van der Waals surface area contributed by atoms with E-state index >= 15 is 0 Å². The minimum atomic E-state index is -0.132. The number of fused-ring (bicyclic) bond motifs is 1. The highest BCUT2D eigenvalue weighted by Gasteiger charge is 2.19. The molecule has 28 heavy (non-hydrogen) atoms. The third-order valence-corrected chi connectivity index (χ3v) is 3.97. The first-order valence-corrected chi connectivity index (χ1v) is 8.85. The molecule has 9 nitrogen and oxygen atoms in total. The topological polar surface area (TPSA) is 121 Å². The zero-order chi connectivity index (χ0) is 20.1. The van der Waals surface area contributed by atoms with Gasteiger partial charge < -0.3 is 25.2 Å². The fourth-order valence-electron chi connectivity index (χ4n) is 2.57. The molecule has 0 aromatic carbocycles. The first-order valence-electron chi connectivity index (χ1n) is 8.85. The molecule has 0 aliphatic heterocycles. The van der Waals surface area contributed by atoms with Gasteiger partial charge in [-0.2, -0.15) is 0 Å². The molecule has 0 bridgehead atoms. The summed E-state index contributed by atoms with van der Waals surface area (Å²) < 4.78 is 13.0. The summed E-state index contributed by atoms with van der Waals surface area (Å²) in [6, 6.07) is 5.64. The lowest BCUT2D eigenvalue weighted by Gasteiger charge is -2.15. The second-order valence-corrected chi connectivity index (χ2v) is 6.43. The van der Waals surface area contributed by atoms with E-state index in [9.17, 15) is 0 Å². The van der Waals surface area contributed by atoms with Gasteiger partial charge in [-0.15, -0.1) is 5.10 Å². The van der Waals surface area contributed by atoms with E-state index in [1.165, 1.54) is 6.08 Å². The number of pyridine rings is 1. The van der Waals surface area contributed by atoms with Crippen molar-refractivity contribution in [3.05, 3.63) is 48.0 Å². The van der Waals surface area contributed by atoms with Crippen LogP contribution in [-0.4, -0.2) is 71.5 Å². The summed E-state index contributed by atoms with van der Waals surface area (Å²) in [5.41, 5.74) is 8.05. The first kappa shape index (κ1) is 19.6. The van der Waals surface area contributed by atoms with Gasteiger partial charge in [-0.05, 0) is 32.3 Å². The fourth-order valence-corrected chi connectivity index (χ4v) is 2.57. The van der Waals surface area contributed by atoms with Crippen LogP contribution in [0.5, 0.6) is 5.88 Å². The summed E-state index contributed by atoms with van der Waals surface area (Å²) in [4.78, 5) is 6.64. The van der Waals surface area contributed by atoms with Crippen molar-refractivity contribution in [2.24, 2.45) is 10.7 Å². The molecule has 9 heteroatoms. The zero-order valence-corrected chi connectivity index (χ0v) is 15.9. The van der Waals surface area contributed by atoms with Gasteiger partial charge in [0, 0.05) is 18.8 Å². The lowest BCUT2D eigenvalue weighted by Crippen LogP contribution is -2.20. The van der Waals surface area contributed by atoms with Gasteiger partial charge >= 0.3 is 0 Å². The van der Waals surface area contributed by atoms with E-state index < -0.39 is 0 Å². The highest BCUT2D eigenvalue weighted by molar-refractivity contribution is 6.50. The molecule has 2 aromatic rings. The number of rotatable bonds is 8. The van der Waals surface area contributed by atoms with Crippen LogP contribution in [-0.2, 0) is 4.74 Å². The van der Waals surface area contributed by atoms with Crippen molar-refractivity contribution >= 4 is 22.6 Å². The van der Waals surface area contributed by atoms with Crippen molar-refractivity contribution in [3.63, 3.8) is 0 Å². The van der Waals surface area contributed by atoms with E-state index in [1.807, 2.05) is 43.4 Å². The Labute approximate surface area is 162 Å². The van der Waals surface area contributed by atoms with Crippen molar-refractivity contribution in [1.82, 2.24) is 14.5 Å². The summed E-state index contributed by atoms with van der Waals surface area (Å²) >= 11 is 0. The van der Waals surface area contributed by atoms with Gasteiger partial charge in [0.25, 0.3) is 5.88 Å². The van der Waals surface area contributed by atoms with Crippen LogP contribution in [0.25, 0.3) is 5.52 Å². The molecule has 2 heterocycles. The molecular formula is C19H24N6O3. The minimum Gasteiger partial charge on any atom is -0.489 e. The molecule has 3 rings (SSSR count). The third kappa shape index (κ3) is 4.38. The Morgan fingerprint density at radius 3 is 2.82 bits per heavy atom. The van der Waals surface area contributed by atoms with Gasteiger partial charge in [-0.3, -0.25) is 5.41 Å². The Hall–Kier alpha value is -3.17. The maximum absolute atomic E-state index is 8.97. The van der Waals surface area contributed by atoms with Crippen molar-refractivity contribution in [2.45, 2.75) is 0 Å². The lowest BCUT2D eigenvalue weighted by molar-refractivity contribution is 0.149. The van der Waals surface area contributed by atoms with Crippen molar-refractivity contribution in [1.29, 1.82) is 5.41 Å². The molecule has 1 aliphatic carbocycles. The highest BCUT2D eigenvalue weighted by atomic mass is 16.5. The predicted octanol–water partition coefficient (Wildman–Crippen LogP) is 1.12. The van der Waals surface area contributed by atoms with Gasteiger partial charge in [0.15, 0.2) is 5.69 Å². The number of likely N-dealkylation sites (N-methyl/N-ethyl adjacent to an activating group) is 1. The predicted molar refractivity (Wildman–Crippen MR) is 107 cm³/mol. The molecule has 4 N–H and O–H groups in total. The number of nitrogens with two attached hydrogens (primary N) is 1. The number of hydrogen-bond acceptors (Lipinski definition) is 8. The molecule has 0 fully saturated rings. The largest absolute Gasteiger partial charge is 0.489 e. The van der Waals surface area contributed by atoms with Gasteiger partial charge in [-0.1, -0.05) is 6.07 Å². The third-order valence-electron chi connectivity index (χ3n) is 3.97. The summed E-state index contributed by atoms with van der Waals surface area (Å²) in [6.45, 7) is 1.17. The molecule has 1 aliphatic rings. The van der Waals surface area contributed by atoms with Gasteiger partial charge in [-0.25, -0.2) is 9.51 Å². The zero-order valence-electron chi connectivity index (χ0n) is 15.9. The summed E-state index contributed by atoms with van der Waals surface area (Å²) in [5.74, 6) is 0.762. The highest BCUT2D eigenvalue weighted by Crippen LogP contribution is 2.32. The molecule has 0 radical (unpaired) electrons. The Kier molecular flexibility index (Phi) is 6.07. The van der Waals surface area contributed by atoms with Crippen molar-refractivity contribution in [3.8, 4) is 5.88 Å². The van der Waals surface area contributed by atoms with Crippen LogP contribution in [0, 0.1) is 5.41 Å². The average Bonchev–Trinajstić information content (AvgIpc) is 3.00. The quantitative estimate of drug-likeness (QED) is 0.586. The van der Waals surface area contributed by atoms with Gasteiger partial charge in [0.05, 0.1) is 29.2 Å². The number of aliphatic imine (C=N–C) groups is 1. The Morgan fingerprint density at radius 1 is 1.25 bits per heavy atom. The normalized spacial score (nSPS) is 15.9. The Bertz CT molecular complexity index is 958. The average molecular weight is 384 g/mol. The second-order valence-electron chi connectivity index (χ2n) is 6.43. The number of aliphatic hydroxyl groups is 1. The molecule has 2 aromatic heterocycles. The van der Waals surface area contributed by atoms with E-state index in [1.54, 1.807) is 10.6 Å². The number of nitrogens with one attached hydrogen (secondary N) is 1. The van der Waals surface area contributed by atoms with E-state index in [-0.39, 0.29) is 18.9 Å². The molecule has 0 spiro atoms. The van der Waals surface area contributed by atoms with Crippen LogP contribution >= 0.6 is 0 Å². The van der Waals surface area contributed by atoms with E-state index in [0.717, 1.165) is 12.1 Å². The van der Waals surface area contributed by atoms with Gasteiger partial charge in [0.1, 0.15) is 19.0 Å². The monoisotopic (exact) mass is 384 g/mol. The second kappa shape index (κ2) is 8.68. The van der Waals surface area contributed by atoms with Crippen LogP contribution in [0.1, 0.15) is 0 Å². The molecule has 0 unspecified atom stereocenters. The van der Waals surface area contributed by atoms with E-state index in [4.69, 9.17) is 25.7 Å². The molecule has 0 atom stereocenters. The fraction of sp³-hybridized carbons (Fsp3) is 0.316. The van der Waals surface area contributed by atoms with E-state index in [0.29, 0.717) is 35.3 Å². The Balaban J connectivity index is 1.99. The summed E-state index contributed by atoms with van der Waals surface area (Å²) in [5, 5.41) is 21.6. The van der Waals surface area contributed by atoms with Crippen molar-refractivity contribution in [2.75, 3.05) is 40.5 Å². The standard InChI is InChI=1S/C19H24N6O3/c1-24(2)7-9-28-19-18(16-5-3-4-6-25(16)23-19)22-15-12-17(27-10-8-26)14(21)11-13(15)20/h3-6,11-12,20,26H,7-10,21H2,1-2H3. The van der Waals surface area contributed by atoms with E-state index in [2.05, 4.69) is 10.1 Å². The lowest BCUT2D eigenvalue weighted by atomic mass is 10.1. The maximum atomic E-state index is 8.97. The summed E-state index contributed by atoms with van der Waals surface area (Å²) in [7, 11) is 3.93. The van der Waals surface area contributed by atoms with Crippen molar-refractivity contribution < 1.29 is 14.6 Å². The SMILES string of the molecule is CN(C)CCOc1nn2ccccc2c1N=C1C=C(OCCO)C(N)=CC1=N. The minimum absolute atomic E-state index is 0.108. The van der Waals surface area contributed by atoms with Crippen LogP contribution < -0.4 is 10.5 Å². The summed E-state index contributed by atoms with van der Waals surface area (Å²) in [6.07, 6.45) is 4.88. The smallest absolute Gasteiger partial charge is 0.260 e. The molecular weight excluding hydrogens is 360 g/mol. The van der Waals surface area contributed by atoms with Crippen LogP contribution in [0.4, 0.5) is 5.69 Å². The molecule has 0 saturated carbocycles. The Morgan fingerprint density at radius 2 is 2.07 bits per heavy atom. The van der Waals surface area contributed by atoms with Crippen LogP contribution in [0.15, 0.2) is 53.0 Å². The number of nitrogens with zero attached hydrogens (tertiary/aromatic N) is 4. The van der Waals surface area contributed by atoms with Crippen LogP contribution in [0.3, 0.4) is 0 Å². The number of hydrogen-bond donors (Lipinski definition) is 3. The molecule has 0 saturated heterocycles. The number of aromatic nitrogens is 2. The number of ether oxygens (including phenoxy) is 2. The first-order chi connectivity index (χ1) is 13.5.